The minimum absolute atomic E-state index is 0.0658. The van der Waals surface area contributed by atoms with Gasteiger partial charge < -0.3 is 4.74 Å². The fourth-order valence-corrected chi connectivity index (χ4v) is 5.93. The van der Waals surface area contributed by atoms with Gasteiger partial charge in [0, 0.05) is 0 Å². The Balaban J connectivity index is 1.18. The number of rotatable bonds is 6. The zero-order valence-electron chi connectivity index (χ0n) is 17.2. The maximum absolute atomic E-state index is 14.1. The number of ether oxygens (including phenoxy) is 1. The predicted octanol–water partition coefficient (Wildman–Crippen LogP) is 7.61. The normalized spacial score (nSPS) is 28.6. The molecule has 2 saturated carbocycles. The molecular formula is C25H36F2O. The number of hydrogen-bond donors (Lipinski definition) is 0. The van der Waals surface area contributed by atoms with Crippen molar-refractivity contribution in [1.82, 2.24) is 0 Å². The zero-order valence-corrected chi connectivity index (χ0v) is 17.2. The van der Waals surface area contributed by atoms with Crippen molar-refractivity contribution in [3.8, 4) is 5.75 Å². The van der Waals surface area contributed by atoms with Crippen LogP contribution in [-0.2, 0) is 6.42 Å². The molecule has 0 saturated heterocycles. The molecule has 28 heavy (non-hydrogen) atoms. The van der Waals surface area contributed by atoms with Crippen LogP contribution in [0.4, 0.5) is 8.78 Å². The third kappa shape index (κ3) is 4.89. The van der Waals surface area contributed by atoms with Gasteiger partial charge in [0.25, 0.3) is 0 Å². The minimum Gasteiger partial charge on any atom is -0.487 e. The molecule has 1 unspecified atom stereocenters. The van der Waals surface area contributed by atoms with Crippen molar-refractivity contribution in [1.29, 1.82) is 0 Å². The van der Waals surface area contributed by atoms with E-state index in [0.717, 1.165) is 30.2 Å². The quantitative estimate of drug-likeness (QED) is 0.454. The van der Waals surface area contributed by atoms with E-state index in [4.69, 9.17) is 4.74 Å². The summed E-state index contributed by atoms with van der Waals surface area (Å²) in [5, 5.41) is 0. The maximum atomic E-state index is 14.1. The molecule has 0 spiro atoms. The summed E-state index contributed by atoms with van der Waals surface area (Å²) < 4.78 is 33.6. The summed E-state index contributed by atoms with van der Waals surface area (Å²) in [6.07, 6.45) is 19.7. The molecule has 1 atom stereocenters. The highest BCUT2D eigenvalue weighted by molar-refractivity contribution is 5.37. The summed E-state index contributed by atoms with van der Waals surface area (Å²) in [6, 6.07) is 2.89. The summed E-state index contributed by atoms with van der Waals surface area (Å²) in [5.74, 6) is 0.981. The van der Waals surface area contributed by atoms with E-state index in [2.05, 4.69) is 0 Å². The van der Waals surface area contributed by atoms with Crippen LogP contribution in [0.15, 0.2) is 12.1 Å². The summed E-state index contributed by atoms with van der Waals surface area (Å²) in [5.41, 5.74) is 0.821. The third-order valence-corrected chi connectivity index (χ3v) is 7.72. The van der Waals surface area contributed by atoms with Gasteiger partial charge in [0.2, 0.25) is 5.82 Å². The summed E-state index contributed by atoms with van der Waals surface area (Å²) in [6.45, 7) is 0. The average molecular weight is 391 g/mol. The van der Waals surface area contributed by atoms with Crippen molar-refractivity contribution in [2.75, 3.05) is 0 Å². The topological polar surface area (TPSA) is 9.23 Å². The van der Waals surface area contributed by atoms with Crippen LogP contribution in [-0.4, -0.2) is 6.10 Å². The van der Waals surface area contributed by atoms with E-state index in [1.165, 1.54) is 89.5 Å². The lowest BCUT2D eigenvalue weighted by atomic mass is 9.76. The Morgan fingerprint density at radius 1 is 0.786 bits per heavy atom. The molecule has 1 aliphatic heterocycles. The van der Waals surface area contributed by atoms with Crippen LogP contribution < -0.4 is 4.74 Å². The van der Waals surface area contributed by atoms with Gasteiger partial charge in [-0.1, -0.05) is 76.7 Å². The van der Waals surface area contributed by atoms with Crippen molar-refractivity contribution >= 4 is 0 Å². The maximum Gasteiger partial charge on any atom is 0.200 e. The number of fused-ring (bicyclic) bond motifs is 1. The summed E-state index contributed by atoms with van der Waals surface area (Å²) in [7, 11) is 0. The first-order valence-electron chi connectivity index (χ1n) is 11.8. The average Bonchev–Trinajstić information content (AvgIpc) is 2.75. The first-order chi connectivity index (χ1) is 13.7. The summed E-state index contributed by atoms with van der Waals surface area (Å²) >= 11 is 0. The first-order valence-corrected chi connectivity index (χ1v) is 11.8. The van der Waals surface area contributed by atoms with E-state index >= 15 is 0 Å². The smallest absolute Gasteiger partial charge is 0.200 e. The number of aryl methyl sites for hydroxylation is 1. The molecule has 2 aliphatic carbocycles. The van der Waals surface area contributed by atoms with Gasteiger partial charge in [0.05, 0.1) is 0 Å². The molecule has 2 fully saturated rings. The Bertz CT molecular complexity index is 630. The highest BCUT2D eigenvalue weighted by Crippen LogP contribution is 2.40. The molecule has 0 aromatic heterocycles. The minimum atomic E-state index is -0.797. The molecule has 1 aromatic rings. The van der Waals surface area contributed by atoms with Crippen molar-refractivity contribution in [3.63, 3.8) is 0 Å². The van der Waals surface area contributed by atoms with Gasteiger partial charge in [-0.3, -0.25) is 0 Å². The Kier molecular flexibility index (Phi) is 6.90. The molecule has 1 nitrogen and oxygen atoms in total. The van der Waals surface area contributed by atoms with Gasteiger partial charge in [-0.05, 0) is 55.1 Å². The SMILES string of the molecule is Fc1ccc2c(c1F)OC(C1CCC(CCCCC3CCCCC3)CC1)CC2. The lowest BCUT2D eigenvalue weighted by Gasteiger charge is -2.36. The van der Waals surface area contributed by atoms with Gasteiger partial charge in [-0.15, -0.1) is 0 Å². The second-order valence-electron chi connectivity index (χ2n) is 9.61. The first kappa shape index (κ1) is 20.2. The molecule has 1 heterocycles. The molecule has 0 amide bonds. The number of unbranched alkanes of at least 4 members (excludes halogenated alkanes) is 1. The van der Waals surface area contributed by atoms with Crippen LogP contribution in [0, 0.1) is 29.4 Å². The van der Waals surface area contributed by atoms with Gasteiger partial charge >= 0.3 is 0 Å². The summed E-state index contributed by atoms with van der Waals surface area (Å²) in [4.78, 5) is 0. The number of hydrogen-bond acceptors (Lipinski definition) is 1. The van der Waals surface area contributed by atoms with Gasteiger partial charge in [0.15, 0.2) is 11.6 Å². The second-order valence-corrected chi connectivity index (χ2v) is 9.61. The molecule has 156 valence electrons. The lowest BCUT2D eigenvalue weighted by Crippen LogP contribution is -2.34. The molecule has 0 bridgehead atoms. The van der Waals surface area contributed by atoms with E-state index in [1.807, 2.05) is 0 Å². The van der Waals surface area contributed by atoms with Crippen LogP contribution in [0.2, 0.25) is 0 Å². The molecule has 0 radical (unpaired) electrons. The van der Waals surface area contributed by atoms with E-state index in [9.17, 15) is 8.78 Å². The Morgan fingerprint density at radius 3 is 2.18 bits per heavy atom. The Morgan fingerprint density at radius 2 is 1.46 bits per heavy atom. The Hall–Kier alpha value is -1.12. The Labute approximate surface area is 169 Å². The molecule has 1 aromatic carbocycles. The number of benzene rings is 1. The zero-order chi connectivity index (χ0) is 19.3. The van der Waals surface area contributed by atoms with E-state index in [1.54, 1.807) is 6.07 Å². The molecule has 4 rings (SSSR count). The van der Waals surface area contributed by atoms with Crippen LogP contribution in [0.3, 0.4) is 0 Å². The van der Waals surface area contributed by atoms with E-state index in [-0.39, 0.29) is 11.9 Å². The van der Waals surface area contributed by atoms with Crippen molar-refractivity contribution in [3.05, 3.63) is 29.3 Å². The van der Waals surface area contributed by atoms with E-state index in [0.29, 0.717) is 5.92 Å². The highest BCUT2D eigenvalue weighted by Gasteiger charge is 2.33. The van der Waals surface area contributed by atoms with Crippen LogP contribution in [0.25, 0.3) is 0 Å². The van der Waals surface area contributed by atoms with Gasteiger partial charge in [-0.2, -0.15) is 4.39 Å². The predicted molar refractivity (Wildman–Crippen MR) is 110 cm³/mol. The molecule has 3 aliphatic rings. The van der Waals surface area contributed by atoms with Crippen LogP contribution >= 0.6 is 0 Å². The van der Waals surface area contributed by atoms with Crippen molar-refractivity contribution in [2.24, 2.45) is 17.8 Å². The fraction of sp³-hybridized carbons (Fsp3) is 0.760. The van der Waals surface area contributed by atoms with Crippen LogP contribution in [0.1, 0.15) is 95.5 Å². The van der Waals surface area contributed by atoms with Gasteiger partial charge in [-0.25, -0.2) is 4.39 Å². The largest absolute Gasteiger partial charge is 0.487 e. The molecular weight excluding hydrogens is 354 g/mol. The standard InChI is InChI=1S/C25H36F2O/c26-22-16-14-21-15-17-23(28-25(21)24(22)27)20-12-10-19(11-13-20)9-5-4-8-18-6-2-1-3-7-18/h14,16,18-20,23H,1-13,15,17H2. The fourth-order valence-electron chi connectivity index (χ4n) is 5.93. The lowest BCUT2D eigenvalue weighted by molar-refractivity contribution is 0.0707. The third-order valence-electron chi connectivity index (χ3n) is 7.72. The highest BCUT2D eigenvalue weighted by atomic mass is 19.2. The molecule has 0 N–H and O–H groups in total. The van der Waals surface area contributed by atoms with Gasteiger partial charge in [0.1, 0.15) is 6.10 Å². The van der Waals surface area contributed by atoms with E-state index < -0.39 is 11.6 Å². The second kappa shape index (κ2) is 9.59. The molecule has 3 heteroatoms. The van der Waals surface area contributed by atoms with Crippen LogP contribution in [0.5, 0.6) is 5.75 Å². The van der Waals surface area contributed by atoms with Crippen molar-refractivity contribution in [2.45, 2.75) is 102 Å². The monoisotopic (exact) mass is 390 g/mol. The van der Waals surface area contributed by atoms with Crippen molar-refractivity contribution < 1.29 is 13.5 Å². The number of halogens is 2.